The molecular formula is C13H13N3O4S. The lowest BCUT2D eigenvalue weighted by Gasteiger charge is -2.22. The summed E-state index contributed by atoms with van der Waals surface area (Å²) in [6, 6.07) is 7.34. The molecule has 0 radical (unpaired) electrons. The van der Waals surface area contributed by atoms with Gasteiger partial charge in [0, 0.05) is 13.0 Å². The molecule has 1 aromatic carbocycles. The van der Waals surface area contributed by atoms with Crippen molar-refractivity contribution in [2.24, 2.45) is 0 Å². The van der Waals surface area contributed by atoms with E-state index in [0.29, 0.717) is 24.5 Å². The number of nitrogens with zero attached hydrogens (tertiary/aromatic N) is 2. The van der Waals surface area contributed by atoms with Gasteiger partial charge in [-0.3, -0.25) is 0 Å². The van der Waals surface area contributed by atoms with Gasteiger partial charge >= 0.3 is 0 Å². The molecule has 8 heteroatoms. The van der Waals surface area contributed by atoms with Crippen LogP contribution in [0.4, 0.5) is 0 Å². The second kappa shape index (κ2) is 4.22. The molecule has 3 heterocycles. The van der Waals surface area contributed by atoms with E-state index < -0.39 is 15.8 Å². The normalized spacial score (nSPS) is 20.2. The number of hydrogen-bond donors (Lipinski definition) is 1. The molecular weight excluding hydrogens is 294 g/mol. The van der Waals surface area contributed by atoms with Gasteiger partial charge in [0.15, 0.2) is 16.5 Å². The third kappa shape index (κ3) is 1.90. The van der Waals surface area contributed by atoms with E-state index in [4.69, 9.17) is 9.47 Å². The number of benzene rings is 1. The number of hydrogen-bond acceptors (Lipinski definition) is 5. The van der Waals surface area contributed by atoms with Gasteiger partial charge in [-0.1, -0.05) is 12.1 Å². The number of rotatable bonds is 2. The highest BCUT2D eigenvalue weighted by Crippen LogP contribution is 2.43. The largest absolute Gasteiger partial charge is 0.447 e. The van der Waals surface area contributed by atoms with Gasteiger partial charge < -0.3 is 14.5 Å². The highest BCUT2D eigenvalue weighted by molar-refractivity contribution is 7.89. The molecule has 2 aliphatic rings. The van der Waals surface area contributed by atoms with Crippen molar-refractivity contribution in [1.82, 2.24) is 14.3 Å². The van der Waals surface area contributed by atoms with Crippen LogP contribution in [0, 0.1) is 0 Å². The number of imidazole rings is 1. The average molecular weight is 307 g/mol. The van der Waals surface area contributed by atoms with Crippen LogP contribution < -0.4 is 9.47 Å². The summed E-state index contributed by atoms with van der Waals surface area (Å²) in [6.45, 7) is 0.498. The monoisotopic (exact) mass is 307 g/mol. The van der Waals surface area contributed by atoms with Crippen LogP contribution >= 0.6 is 0 Å². The maximum absolute atomic E-state index is 12.5. The number of para-hydroxylation sites is 2. The number of H-pyrrole nitrogens is 1. The summed E-state index contributed by atoms with van der Waals surface area (Å²) in [7, 11) is -3.59. The summed E-state index contributed by atoms with van der Waals surface area (Å²) >= 11 is 0. The van der Waals surface area contributed by atoms with Gasteiger partial charge in [-0.2, -0.15) is 4.31 Å². The predicted octanol–water partition coefficient (Wildman–Crippen LogP) is 0.972. The minimum absolute atomic E-state index is 0.0788. The van der Waals surface area contributed by atoms with Crippen molar-refractivity contribution in [2.75, 3.05) is 13.1 Å². The molecule has 1 saturated heterocycles. The van der Waals surface area contributed by atoms with Crippen LogP contribution in [-0.2, 0) is 10.0 Å². The van der Waals surface area contributed by atoms with Gasteiger partial charge in [-0.25, -0.2) is 13.4 Å². The highest BCUT2D eigenvalue weighted by atomic mass is 32.2. The molecule has 1 aromatic heterocycles. The molecule has 1 spiro atoms. The molecule has 0 aliphatic carbocycles. The highest BCUT2D eigenvalue weighted by Gasteiger charge is 2.50. The molecule has 1 N–H and O–H groups in total. The predicted molar refractivity (Wildman–Crippen MR) is 72.4 cm³/mol. The van der Waals surface area contributed by atoms with Crippen LogP contribution in [0.2, 0.25) is 0 Å². The van der Waals surface area contributed by atoms with Gasteiger partial charge in [-0.05, 0) is 12.1 Å². The molecule has 1 fully saturated rings. The Morgan fingerprint density at radius 2 is 1.95 bits per heavy atom. The number of nitrogens with one attached hydrogen (secondary N) is 1. The lowest BCUT2D eigenvalue weighted by Crippen LogP contribution is -2.42. The Morgan fingerprint density at radius 1 is 1.24 bits per heavy atom. The average Bonchev–Trinajstić information content (AvgIpc) is 3.17. The first-order valence-electron chi connectivity index (χ1n) is 6.55. The first-order valence-corrected chi connectivity index (χ1v) is 7.99. The van der Waals surface area contributed by atoms with Crippen LogP contribution in [0.5, 0.6) is 11.5 Å². The van der Waals surface area contributed by atoms with Crippen molar-refractivity contribution in [3.8, 4) is 11.5 Å². The maximum Gasteiger partial charge on any atom is 0.266 e. The zero-order valence-corrected chi connectivity index (χ0v) is 11.8. The Hall–Kier alpha value is -2.06. The Balaban J connectivity index is 1.60. The molecule has 21 heavy (non-hydrogen) atoms. The van der Waals surface area contributed by atoms with Crippen molar-refractivity contribution in [3.05, 3.63) is 36.8 Å². The number of aromatic amines is 1. The van der Waals surface area contributed by atoms with Crippen molar-refractivity contribution in [2.45, 2.75) is 17.2 Å². The molecule has 0 atom stereocenters. The summed E-state index contributed by atoms with van der Waals surface area (Å²) in [5.74, 6) is 0.383. The van der Waals surface area contributed by atoms with Gasteiger partial charge in [0.1, 0.15) is 0 Å². The number of sulfonamides is 1. The topological polar surface area (TPSA) is 84.5 Å². The zero-order chi connectivity index (χ0) is 14.5. The Bertz CT molecular complexity index is 747. The van der Waals surface area contributed by atoms with E-state index in [-0.39, 0.29) is 11.6 Å². The van der Waals surface area contributed by atoms with Crippen molar-refractivity contribution in [1.29, 1.82) is 0 Å². The molecule has 4 rings (SSSR count). The molecule has 0 saturated carbocycles. The van der Waals surface area contributed by atoms with Crippen LogP contribution in [0.3, 0.4) is 0 Å². The number of fused-ring (bicyclic) bond motifs is 1. The van der Waals surface area contributed by atoms with E-state index in [0.717, 1.165) is 0 Å². The standard InChI is InChI=1S/C13H13N3O4S/c17-21(18,12-7-14-9-15-12)16-6-5-13(8-16)19-10-3-1-2-4-11(10)20-13/h1-4,7,9H,5-6,8H2,(H,14,15). The number of ether oxygens (including phenoxy) is 2. The Labute approximate surface area is 121 Å². The molecule has 0 bridgehead atoms. The van der Waals surface area contributed by atoms with Gasteiger partial charge in [-0.15, -0.1) is 0 Å². The third-order valence-corrected chi connectivity index (χ3v) is 5.46. The minimum Gasteiger partial charge on any atom is -0.447 e. The van der Waals surface area contributed by atoms with Crippen molar-refractivity contribution >= 4 is 10.0 Å². The second-order valence-electron chi connectivity index (χ2n) is 5.07. The van der Waals surface area contributed by atoms with Crippen LogP contribution in [0.15, 0.2) is 41.8 Å². The van der Waals surface area contributed by atoms with Crippen molar-refractivity contribution < 1.29 is 17.9 Å². The molecule has 0 amide bonds. The first-order chi connectivity index (χ1) is 10.1. The van der Waals surface area contributed by atoms with Gasteiger partial charge in [0.25, 0.3) is 15.8 Å². The molecule has 7 nitrogen and oxygen atoms in total. The molecule has 0 unspecified atom stereocenters. The summed E-state index contributed by atoms with van der Waals surface area (Å²) in [5, 5.41) is 0.0788. The van der Waals surface area contributed by atoms with Crippen molar-refractivity contribution in [3.63, 3.8) is 0 Å². The fourth-order valence-corrected chi connectivity index (χ4v) is 4.03. The Morgan fingerprint density at radius 3 is 2.57 bits per heavy atom. The fourth-order valence-electron chi connectivity index (χ4n) is 2.66. The smallest absolute Gasteiger partial charge is 0.266 e. The van der Waals surface area contributed by atoms with E-state index >= 15 is 0 Å². The summed E-state index contributed by atoms with van der Waals surface area (Å²) in [4.78, 5) is 6.39. The van der Waals surface area contributed by atoms with Crippen LogP contribution in [-0.4, -0.2) is 41.6 Å². The lowest BCUT2D eigenvalue weighted by molar-refractivity contribution is -0.0633. The van der Waals surface area contributed by atoms with E-state index in [9.17, 15) is 8.42 Å². The van der Waals surface area contributed by atoms with E-state index in [1.165, 1.54) is 16.8 Å². The summed E-state index contributed by atoms with van der Waals surface area (Å²) < 4.78 is 37.9. The van der Waals surface area contributed by atoms with E-state index in [1.54, 1.807) is 0 Å². The summed E-state index contributed by atoms with van der Waals surface area (Å²) in [5.41, 5.74) is 0. The fraction of sp³-hybridized carbons (Fsp3) is 0.308. The maximum atomic E-state index is 12.5. The third-order valence-electron chi connectivity index (χ3n) is 3.69. The van der Waals surface area contributed by atoms with E-state index in [1.807, 2.05) is 24.3 Å². The lowest BCUT2D eigenvalue weighted by atomic mass is 10.2. The zero-order valence-electron chi connectivity index (χ0n) is 11.0. The SMILES string of the molecule is O=S(=O)(c1cnc[nH]1)N1CCC2(C1)Oc1ccccc1O2. The number of aromatic nitrogens is 2. The van der Waals surface area contributed by atoms with Crippen LogP contribution in [0.1, 0.15) is 6.42 Å². The molecule has 110 valence electrons. The van der Waals surface area contributed by atoms with Crippen LogP contribution in [0.25, 0.3) is 0 Å². The molecule has 2 aliphatic heterocycles. The van der Waals surface area contributed by atoms with Gasteiger partial charge in [0.2, 0.25) is 0 Å². The Kier molecular flexibility index (Phi) is 2.54. The van der Waals surface area contributed by atoms with E-state index in [2.05, 4.69) is 9.97 Å². The minimum atomic E-state index is -3.59. The molecule has 2 aromatic rings. The quantitative estimate of drug-likeness (QED) is 0.893. The van der Waals surface area contributed by atoms with Gasteiger partial charge in [0.05, 0.1) is 19.1 Å². The summed E-state index contributed by atoms with van der Waals surface area (Å²) in [6.07, 6.45) is 3.12. The second-order valence-corrected chi connectivity index (χ2v) is 6.97. The first kappa shape index (κ1) is 12.7.